The zero-order valence-electron chi connectivity index (χ0n) is 17.9. The molecule has 0 atom stereocenters. The molecule has 0 saturated carbocycles. The van der Waals surface area contributed by atoms with E-state index in [0.29, 0.717) is 6.61 Å². The van der Waals surface area contributed by atoms with Gasteiger partial charge in [-0.1, -0.05) is 57.2 Å². The summed E-state index contributed by atoms with van der Waals surface area (Å²) in [6, 6.07) is 15.7. The van der Waals surface area contributed by atoms with E-state index in [1.165, 1.54) is 7.11 Å². The fourth-order valence-corrected chi connectivity index (χ4v) is 3.78. The van der Waals surface area contributed by atoms with E-state index in [9.17, 15) is 4.79 Å². The van der Waals surface area contributed by atoms with E-state index in [2.05, 4.69) is 49.8 Å². The molecule has 2 aromatic rings. The molecule has 0 amide bonds. The van der Waals surface area contributed by atoms with Crippen LogP contribution < -0.4 is 4.74 Å². The molecule has 0 radical (unpaired) electrons. The summed E-state index contributed by atoms with van der Waals surface area (Å²) >= 11 is 3.56. The van der Waals surface area contributed by atoms with Crippen molar-refractivity contribution in [3.8, 4) is 5.75 Å². The van der Waals surface area contributed by atoms with Crippen LogP contribution in [0.25, 0.3) is 6.08 Å². The Morgan fingerprint density at radius 3 is 2.31 bits per heavy atom. The summed E-state index contributed by atoms with van der Waals surface area (Å²) in [5.74, 6) is 0.482. The SMILES string of the molecule is COC(=O)/C(=C\c1ccc(OCc2ccccc2)c(Br)c1)O[Si](C)(C)C(C)(C)C. The fourth-order valence-electron chi connectivity index (χ4n) is 2.27. The van der Waals surface area contributed by atoms with E-state index >= 15 is 0 Å². The van der Waals surface area contributed by atoms with Crippen molar-refractivity contribution in [3.05, 3.63) is 69.9 Å². The summed E-state index contributed by atoms with van der Waals surface area (Å²) in [5, 5.41) is -0.0319. The second-order valence-corrected chi connectivity index (χ2v) is 13.9. The van der Waals surface area contributed by atoms with Crippen molar-refractivity contribution in [2.24, 2.45) is 0 Å². The van der Waals surface area contributed by atoms with Crippen LogP contribution in [0.5, 0.6) is 5.75 Å². The average Bonchev–Trinajstić information content (AvgIpc) is 2.66. The minimum Gasteiger partial charge on any atom is -0.539 e. The van der Waals surface area contributed by atoms with Gasteiger partial charge in [-0.25, -0.2) is 4.79 Å². The largest absolute Gasteiger partial charge is 0.539 e. The maximum atomic E-state index is 12.3. The van der Waals surface area contributed by atoms with E-state index in [-0.39, 0.29) is 10.8 Å². The molecule has 0 spiro atoms. The number of halogens is 1. The molecule has 0 N–H and O–H groups in total. The minimum absolute atomic E-state index is 0.0319. The van der Waals surface area contributed by atoms with Gasteiger partial charge in [-0.2, -0.15) is 0 Å². The summed E-state index contributed by atoms with van der Waals surface area (Å²) in [7, 11) is -0.818. The Bertz CT molecular complexity index is 870. The van der Waals surface area contributed by atoms with Crippen LogP contribution in [-0.4, -0.2) is 21.4 Å². The van der Waals surface area contributed by atoms with Gasteiger partial charge in [0, 0.05) is 0 Å². The van der Waals surface area contributed by atoms with Gasteiger partial charge >= 0.3 is 5.97 Å². The molecule has 0 aliphatic carbocycles. The molecular weight excluding hydrogens is 448 g/mol. The van der Waals surface area contributed by atoms with E-state index in [0.717, 1.165) is 21.3 Å². The topological polar surface area (TPSA) is 44.8 Å². The first kappa shape index (κ1) is 23.2. The molecule has 0 aromatic heterocycles. The van der Waals surface area contributed by atoms with E-state index in [1.807, 2.05) is 48.5 Å². The lowest BCUT2D eigenvalue weighted by molar-refractivity contribution is -0.138. The van der Waals surface area contributed by atoms with Gasteiger partial charge in [-0.3, -0.25) is 0 Å². The van der Waals surface area contributed by atoms with E-state index < -0.39 is 14.3 Å². The summed E-state index contributed by atoms with van der Waals surface area (Å²) in [6.07, 6.45) is 1.72. The third-order valence-electron chi connectivity index (χ3n) is 5.05. The Balaban J connectivity index is 2.22. The minimum atomic E-state index is -2.18. The van der Waals surface area contributed by atoms with Crippen molar-refractivity contribution in [1.82, 2.24) is 0 Å². The van der Waals surface area contributed by atoms with Crippen molar-refractivity contribution >= 4 is 36.3 Å². The van der Waals surface area contributed by atoms with Gasteiger partial charge in [-0.05, 0) is 63.4 Å². The molecule has 0 aliphatic rings. The molecule has 0 heterocycles. The number of hydrogen-bond donors (Lipinski definition) is 0. The monoisotopic (exact) mass is 476 g/mol. The Morgan fingerprint density at radius 2 is 1.76 bits per heavy atom. The van der Waals surface area contributed by atoms with Gasteiger partial charge in [-0.15, -0.1) is 0 Å². The van der Waals surface area contributed by atoms with Gasteiger partial charge in [0.25, 0.3) is 8.32 Å². The first-order valence-corrected chi connectivity index (χ1v) is 13.2. The third kappa shape index (κ3) is 6.47. The smallest absolute Gasteiger partial charge is 0.371 e. The molecule has 2 aromatic carbocycles. The first-order valence-electron chi connectivity index (χ1n) is 9.49. The summed E-state index contributed by atoms with van der Waals surface area (Å²) < 4.78 is 17.8. The predicted octanol–water partition coefficient (Wildman–Crippen LogP) is 6.56. The van der Waals surface area contributed by atoms with Gasteiger partial charge in [0.15, 0.2) is 5.76 Å². The highest BCUT2D eigenvalue weighted by molar-refractivity contribution is 9.10. The maximum absolute atomic E-state index is 12.3. The lowest BCUT2D eigenvalue weighted by Crippen LogP contribution is -2.41. The van der Waals surface area contributed by atoms with Crippen molar-refractivity contribution in [2.75, 3.05) is 7.11 Å². The Hall–Kier alpha value is -2.05. The Morgan fingerprint density at radius 1 is 1.10 bits per heavy atom. The molecule has 2 rings (SSSR count). The number of carbonyl (C=O) groups excluding carboxylic acids is 1. The third-order valence-corrected chi connectivity index (χ3v) is 10.0. The molecule has 0 aliphatic heterocycles. The molecule has 29 heavy (non-hydrogen) atoms. The van der Waals surface area contributed by atoms with E-state index in [4.69, 9.17) is 13.9 Å². The number of ether oxygens (including phenoxy) is 2. The second kappa shape index (κ2) is 9.63. The highest BCUT2D eigenvalue weighted by Crippen LogP contribution is 2.38. The highest BCUT2D eigenvalue weighted by Gasteiger charge is 2.40. The number of carbonyl (C=O) groups is 1. The Kier molecular flexibility index (Phi) is 7.71. The van der Waals surface area contributed by atoms with Crippen LogP contribution >= 0.6 is 15.9 Å². The standard InChI is InChI=1S/C23H29BrO4Si/c1-23(2,3)29(5,6)28-21(22(25)26-4)15-18-12-13-20(19(24)14-18)27-16-17-10-8-7-9-11-17/h7-15H,16H2,1-6H3/b21-15+. The number of methoxy groups -OCH3 is 1. The maximum Gasteiger partial charge on any atom is 0.371 e. The fraction of sp³-hybridized carbons (Fsp3) is 0.348. The van der Waals surface area contributed by atoms with Gasteiger partial charge < -0.3 is 13.9 Å². The summed E-state index contributed by atoms with van der Waals surface area (Å²) in [5.41, 5.74) is 1.92. The van der Waals surface area contributed by atoms with Gasteiger partial charge in [0.1, 0.15) is 12.4 Å². The van der Waals surface area contributed by atoms with Crippen molar-refractivity contribution in [3.63, 3.8) is 0 Å². The number of rotatable bonds is 7. The zero-order chi connectivity index (χ0) is 21.7. The molecule has 0 unspecified atom stereocenters. The molecule has 0 fully saturated rings. The van der Waals surface area contributed by atoms with Crippen LogP contribution in [0, 0.1) is 0 Å². The normalized spacial score (nSPS) is 12.4. The molecule has 6 heteroatoms. The number of esters is 1. The van der Waals surface area contributed by atoms with Crippen LogP contribution in [0.3, 0.4) is 0 Å². The van der Waals surface area contributed by atoms with Crippen molar-refractivity contribution in [1.29, 1.82) is 0 Å². The van der Waals surface area contributed by atoms with Crippen LogP contribution in [0.15, 0.2) is 58.8 Å². The molecular formula is C23H29BrO4Si. The van der Waals surface area contributed by atoms with Crippen LogP contribution in [0.4, 0.5) is 0 Å². The summed E-state index contributed by atoms with van der Waals surface area (Å²) in [6.45, 7) is 11.1. The van der Waals surface area contributed by atoms with Gasteiger partial charge in [0.05, 0.1) is 11.6 Å². The predicted molar refractivity (Wildman–Crippen MR) is 123 cm³/mol. The molecule has 156 valence electrons. The van der Waals surface area contributed by atoms with Crippen molar-refractivity contribution < 1.29 is 18.7 Å². The highest BCUT2D eigenvalue weighted by atomic mass is 79.9. The molecule has 4 nitrogen and oxygen atoms in total. The van der Waals surface area contributed by atoms with Crippen LogP contribution in [0.1, 0.15) is 31.9 Å². The molecule has 0 bridgehead atoms. The van der Waals surface area contributed by atoms with Crippen molar-refractivity contribution in [2.45, 2.75) is 45.5 Å². The van der Waals surface area contributed by atoms with Crippen LogP contribution in [-0.2, 0) is 20.6 Å². The first-order chi connectivity index (χ1) is 13.5. The molecule has 0 saturated heterocycles. The summed E-state index contributed by atoms with van der Waals surface area (Å²) in [4.78, 5) is 12.3. The van der Waals surface area contributed by atoms with Crippen LogP contribution in [0.2, 0.25) is 18.1 Å². The second-order valence-electron chi connectivity index (χ2n) is 8.33. The lowest BCUT2D eigenvalue weighted by Gasteiger charge is -2.36. The quantitative estimate of drug-likeness (QED) is 0.196. The Labute approximate surface area is 183 Å². The zero-order valence-corrected chi connectivity index (χ0v) is 20.5. The van der Waals surface area contributed by atoms with Gasteiger partial charge in [0.2, 0.25) is 0 Å². The van der Waals surface area contributed by atoms with E-state index in [1.54, 1.807) is 6.08 Å². The number of benzene rings is 2. The lowest BCUT2D eigenvalue weighted by atomic mass is 10.2. The average molecular weight is 477 g/mol. The number of hydrogen-bond acceptors (Lipinski definition) is 4.